The number of hydrogen-bond donors (Lipinski definition) is 0. The molecule has 7 heteroatoms. The molecular formula is C10H20CuO6. The summed E-state index contributed by atoms with van der Waals surface area (Å²) in [6.45, 7) is 0. The van der Waals surface area contributed by atoms with Crippen molar-refractivity contribution >= 4 is 11.9 Å². The molecule has 0 aliphatic rings. The summed E-state index contributed by atoms with van der Waals surface area (Å²) in [6.07, 6.45) is 5.23. The van der Waals surface area contributed by atoms with Gasteiger partial charge < -0.3 is 30.8 Å². The first-order chi connectivity index (χ1) is 6.63. The van der Waals surface area contributed by atoms with Gasteiger partial charge in [-0.15, -0.1) is 0 Å². The Kier molecular flexibility index (Phi) is 26.4. The summed E-state index contributed by atoms with van der Waals surface area (Å²) in [7, 11) is 0. The molecule has 0 unspecified atom stereocenters. The van der Waals surface area contributed by atoms with Crippen LogP contribution in [0.4, 0.5) is 0 Å². The van der Waals surface area contributed by atoms with Gasteiger partial charge in [0.15, 0.2) is 0 Å². The van der Waals surface area contributed by atoms with Gasteiger partial charge in [-0.05, 0) is 25.7 Å². The summed E-state index contributed by atoms with van der Waals surface area (Å²) in [6, 6.07) is 0. The Morgan fingerprint density at radius 2 is 0.882 bits per heavy atom. The maximum atomic E-state index is 10.0. The smallest absolute Gasteiger partial charge is 0.550 e. The minimum atomic E-state index is -0.998. The van der Waals surface area contributed by atoms with Gasteiger partial charge in [-0.25, -0.2) is 0 Å². The number of aliphatic carboxylic acids is 2. The summed E-state index contributed by atoms with van der Waals surface area (Å²) in [5.74, 6) is -2.00. The van der Waals surface area contributed by atoms with Gasteiger partial charge >= 0.3 is 17.1 Å². The number of carboxylic acids is 2. The molecule has 17 heavy (non-hydrogen) atoms. The van der Waals surface area contributed by atoms with Crippen molar-refractivity contribution in [3.63, 3.8) is 0 Å². The predicted molar refractivity (Wildman–Crippen MR) is 54.2 cm³/mol. The maximum Gasteiger partial charge on any atom is 2.00 e. The Bertz CT molecular complexity index is 166. The molecule has 0 aromatic heterocycles. The van der Waals surface area contributed by atoms with Crippen LogP contribution in [0, 0.1) is 0 Å². The van der Waals surface area contributed by atoms with Gasteiger partial charge in [0.25, 0.3) is 0 Å². The first kappa shape index (κ1) is 25.3. The van der Waals surface area contributed by atoms with Crippen molar-refractivity contribution in [1.29, 1.82) is 0 Å². The topological polar surface area (TPSA) is 143 Å². The van der Waals surface area contributed by atoms with E-state index in [1.54, 1.807) is 0 Å². The molecule has 0 rings (SSSR count). The van der Waals surface area contributed by atoms with Gasteiger partial charge in [0.2, 0.25) is 0 Å². The second kappa shape index (κ2) is 17.8. The van der Waals surface area contributed by atoms with Gasteiger partial charge in [-0.3, -0.25) is 0 Å². The molecule has 0 atom stereocenters. The van der Waals surface area contributed by atoms with E-state index in [0.29, 0.717) is 12.8 Å². The third-order valence-electron chi connectivity index (χ3n) is 2.01. The fraction of sp³-hybridized carbons (Fsp3) is 0.800. The van der Waals surface area contributed by atoms with E-state index >= 15 is 0 Å². The van der Waals surface area contributed by atoms with Gasteiger partial charge in [0.1, 0.15) is 0 Å². The normalized spacial score (nSPS) is 8.24. The van der Waals surface area contributed by atoms with Crippen LogP contribution in [-0.2, 0) is 26.7 Å². The number of unbranched alkanes of at least 4 members (excludes halogenated alkanes) is 5. The zero-order chi connectivity index (χ0) is 10.8. The minimum absolute atomic E-state index is 0. The fourth-order valence-electron chi connectivity index (χ4n) is 1.25. The van der Waals surface area contributed by atoms with Crippen LogP contribution in [-0.4, -0.2) is 22.9 Å². The summed E-state index contributed by atoms with van der Waals surface area (Å²) >= 11 is 0. The number of hydrogen-bond acceptors (Lipinski definition) is 4. The van der Waals surface area contributed by atoms with Gasteiger partial charge in [-0.2, -0.15) is 0 Å². The molecule has 107 valence electrons. The molecular weight excluding hydrogens is 280 g/mol. The van der Waals surface area contributed by atoms with Crippen molar-refractivity contribution in [3.05, 3.63) is 0 Å². The molecule has 0 aliphatic carbocycles. The molecule has 0 fully saturated rings. The van der Waals surface area contributed by atoms with Crippen LogP contribution >= 0.6 is 0 Å². The zero-order valence-corrected chi connectivity index (χ0v) is 10.5. The van der Waals surface area contributed by atoms with Crippen LogP contribution in [0.5, 0.6) is 0 Å². The Morgan fingerprint density at radius 3 is 1.12 bits per heavy atom. The molecule has 0 heterocycles. The quantitative estimate of drug-likeness (QED) is 0.356. The van der Waals surface area contributed by atoms with Gasteiger partial charge in [0.05, 0.1) is 0 Å². The Hall–Kier alpha value is -0.621. The van der Waals surface area contributed by atoms with E-state index in [9.17, 15) is 19.8 Å². The standard InChI is InChI=1S/C10H18O4.Cu.2H2O/c11-9(12)7-5-3-1-2-4-6-8-10(13)14;;;/h1-8H2,(H,11,12)(H,13,14);;2*1H2/q;+2;;/p-2. The monoisotopic (exact) mass is 299 g/mol. The summed E-state index contributed by atoms with van der Waals surface area (Å²) in [5, 5.41) is 20.1. The largest absolute Gasteiger partial charge is 2.00 e. The first-order valence-corrected chi connectivity index (χ1v) is 5.02. The SMILES string of the molecule is O.O.O=C([O-])CCCCCCCCC(=O)[O-].[Cu+2]. The van der Waals surface area contributed by atoms with Crippen molar-refractivity contribution in [3.8, 4) is 0 Å². The summed E-state index contributed by atoms with van der Waals surface area (Å²) < 4.78 is 0. The molecule has 0 saturated heterocycles. The van der Waals surface area contributed by atoms with E-state index in [0.717, 1.165) is 25.7 Å². The van der Waals surface area contributed by atoms with Crippen LogP contribution in [0.25, 0.3) is 0 Å². The Balaban J connectivity index is -0.000000282. The molecule has 0 aromatic carbocycles. The molecule has 1 radical (unpaired) electrons. The number of carbonyl (C=O) groups is 2. The number of carbonyl (C=O) groups excluding carboxylic acids is 2. The maximum absolute atomic E-state index is 10.0. The molecule has 0 amide bonds. The van der Waals surface area contributed by atoms with Crippen molar-refractivity contribution in [2.45, 2.75) is 51.4 Å². The average Bonchev–Trinajstić information content (AvgIpc) is 2.08. The fourth-order valence-corrected chi connectivity index (χ4v) is 1.25. The Labute approximate surface area is 111 Å². The predicted octanol–water partition coefficient (Wildman–Crippen LogP) is -2.04. The van der Waals surface area contributed by atoms with Crippen LogP contribution < -0.4 is 10.2 Å². The molecule has 0 spiro atoms. The van der Waals surface area contributed by atoms with E-state index in [-0.39, 0.29) is 40.9 Å². The van der Waals surface area contributed by atoms with Crippen molar-refractivity contribution in [2.24, 2.45) is 0 Å². The summed E-state index contributed by atoms with van der Waals surface area (Å²) in [4.78, 5) is 20.1. The molecule has 0 aliphatic heterocycles. The van der Waals surface area contributed by atoms with Crippen molar-refractivity contribution in [1.82, 2.24) is 0 Å². The van der Waals surface area contributed by atoms with E-state index in [1.165, 1.54) is 0 Å². The van der Waals surface area contributed by atoms with Gasteiger partial charge in [0, 0.05) is 11.9 Å². The first-order valence-electron chi connectivity index (χ1n) is 5.02. The van der Waals surface area contributed by atoms with E-state index in [1.807, 2.05) is 0 Å². The van der Waals surface area contributed by atoms with Crippen LogP contribution in [0.2, 0.25) is 0 Å². The van der Waals surface area contributed by atoms with E-state index < -0.39 is 11.9 Å². The second-order valence-electron chi connectivity index (χ2n) is 3.37. The van der Waals surface area contributed by atoms with Crippen molar-refractivity contribution < 1.29 is 47.8 Å². The second-order valence-corrected chi connectivity index (χ2v) is 3.37. The molecule has 4 N–H and O–H groups in total. The average molecular weight is 300 g/mol. The molecule has 0 aromatic rings. The molecule has 0 bridgehead atoms. The van der Waals surface area contributed by atoms with Crippen LogP contribution in [0.3, 0.4) is 0 Å². The van der Waals surface area contributed by atoms with Crippen LogP contribution in [0.1, 0.15) is 51.4 Å². The Morgan fingerprint density at radius 1 is 0.647 bits per heavy atom. The zero-order valence-electron chi connectivity index (χ0n) is 9.59. The third-order valence-corrected chi connectivity index (χ3v) is 2.01. The van der Waals surface area contributed by atoms with Crippen molar-refractivity contribution in [2.75, 3.05) is 0 Å². The molecule has 0 saturated carbocycles. The number of rotatable bonds is 9. The van der Waals surface area contributed by atoms with E-state index in [2.05, 4.69) is 0 Å². The summed E-state index contributed by atoms with van der Waals surface area (Å²) in [5.41, 5.74) is 0. The third kappa shape index (κ3) is 25.6. The van der Waals surface area contributed by atoms with E-state index in [4.69, 9.17) is 0 Å². The van der Waals surface area contributed by atoms with Gasteiger partial charge in [-0.1, -0.05) is 25.7 Å². The number of carboxylic acid groups (broad SMARTS) is 2. The van der Waals surface area contributed by atoms with Crippen LogP contribution in [0.15, 0.2) is 0 Å². The molecule has 6 nitrogen and oxygen atoms in total. The minimum Gasteiger partial charge on any atom is -0.550 e.